The summed E-state index contributed by atoms with van der Waals surface area (Å²) in [5, 5.41) is 3.42. The van der Waals surface area contributed by atoms with E-state index in [1.807, 2.05) is 67.6 Å². The van der Waals surface area contributed by atoms with Crippen molar-refractivity contribution >= 4 is 23.0 Å². The fourth-order valence-electron chi connectivity index (χ4n) is 3.94. The van der Waals surface area contributed by atoms with Crippen molar-refractivity contribution in [3.05, 3.63) is 126 Å². The molecule has 1 amide bonds. The van der Waals surface area contributed by atoms with Gasteiger partial charge in [-0.1, -0.05) is 74.2 Å². The number of nitrogens with zero attached hydrogens (tertiary/aromatic N) is 2. The summed E-state index contributed by atoms with van der Waals surface area (Å²) >= 11 is 0. The Bertz CT molecular complexity index is 1400. The summed E-state index contributed by atoms with van der Waals surface area (Å²) in [5.74, 6) is -0.464. The third-order valence-corrected chi connectivity index (χ3v) is 5.90. The van der Waals surface area contributed by atoms with Gasteiger partial charge in [-0.25, -0.2) is 0 Å². The summed E-state index contributed by atoms with van der Waals surface area (Å²) in [7, 11) is 1.71. The van der Waals surface area contributed by atoms with E-state index in [1.54, 1.807) is 25.4 Å². The zero-order chi connectivity index (χ0) is 28.0. The first-order chi connectivity index (χ1) is 18.9. The van der Waals surface area contributed by atoms with Crippen LogP contribution in [-0.4, -0.2) is 30.3 Å². The number of hydrogen-bond acceptors (Lipinski definition) is 5. The van der Waals surface area contributed by atoms with Gasteiger partial charge in [-0.05, 0) is 60.4 Å². The highest BCUT2D eigenvalue weighted by Crippen LogP contribution is 2.35. The molecule has 1 aromatic heterocycles. The molecule has 3 N–H and O–H groups in total. The fourth-order valence-corrected chi connectivity index (χ4v) is 3.94. The van der Waals surface area contributed by atoms with E-state index in [9.17, 15) is 4.79 Å². The Morgan fingerprint density at radius 1 is 0.974 bits per heavy atom. The zero-order valence-corrected chi connectivity index (χ0v) is 22.9. The molecular formula is C33H36N4O2. The minimum absolute atomic E-state index is 0.451. The molecular weight excluding hydrogens is 484 g/mol. The van der Waals surface area contributed by atoms with Gasteiger partial charge in [-0.2, -0.15) is 0 Å². The maximum absolute atomic E-state index is 11.6. The van der Waals surface area contributed by atoms with Crippen molar-refractivity contribution in [2.45, 2.75) is 26.8 Å². The number of amides is 1. The van der Waals surface area contributed by atoms with Crippen LogP contribution in [0, 0.1) is 0 Å². The van der Waals surface area contributed by atoms with E-state index in [1.165, 1.54) is 0 Å². The van der Waals surface area contributed by atoms with E-state index in [4.69, 9.17) is 15.5 Å². The lowest BCUT2D eigenvalue weighted by molar-refractivity contribution is 0.1000. The van der Waals surface area contributed by atoms with Crippen LogP contribution in [0.3, 0.4) is 0 Å². The zero-order valence-electron chi connectivity index (χ0n) is 22.9. The minimum atomic E-state index is -0.464. The lowest BCUT2D eigenvalue weighted by Crippen LogP contribution is -2.13. The van der Waals surface area contributed by atoms with Crippen LogP contribution >= 0.6 is 0 Å². The number of benzene rings is 3. The second-order valence-corrected chi connectivity index (χ2v) is 8.85. The van der Waals surface area contributed by atoms with Crippen LogP contribution in [0.2, 0.25) is 0 Å². The Kier molecular flexibility index (Phi) is 11.2. The van der Waals surface area contributed by atoms with Crippen LogP contribution in [0.15, 0.2) is 109 Å². The van der Waals surface area contributed by atoms with Crippen LogP contribution < -0.4 is 11.1 Å². The predicted octanol–water partition coefficient (Wildman–Crippen LogP) is 6.79. The van der Waals surface area contributed by atoms with Crippen LogP contribution in [0.1, 0.15) is 47.4 Å². The van der Waals surface area contributed by atoms with Gasteiger partial charge in [0.25, 0.3) is 0 Å². The highest BCUT2D eigenvalue weighted by atomic mass is 16.5. The molecule has 6 heteroatoms. The Labute approximate surface area is 231 Å². The van der Waals surface area contributed by atoms with Gasteiger partial charge in [0.15, 0.2) is 0 Å². The number of aromatic nitrogens is 1. The molecule has 0 saturated carbocycles. The number of carbonyl (C=O) groups excluding carboxylic acids is 1. The molecule has 0 aliphatic rings. The van der Waals surface area contributed by atoms with E-state index in [-0.39, 0.29) is 0 Å². The van der Waals surface area contributed by atoms with Crippen molar-refractivity contribution in [1.29, 1.82) is 0 Å². The maximum atomic E-state index is 11.6. The number of nitrogens with one attached hydrogen (secondary N) is 1. The molecule has 0 unspecified atom stereocenters. The number of nitrogens with two attached hydrogens (primary N) is 1. The van der Waals surface area contributed by atoms with Crippen molar-refractivity contribution in [2.24, 2.45) is 10.7 Å². The number of pyridine rings is 1. The molecule has 3 aromatic carbocycles. The molecule has 4 rings (SSSR count). The molecule has 0 radical (unpaired) electrons. The van der Waals surface area contributed by atoms with Gasteiger partial charge < -0.3 is 15.8 Å². The molecule has 0 saturated heterocycles. The third-order valence-electron chi connectivity index (χ3n) is 5.90. The molecule has 6 nitrogen and oxygen atoms in total. The van der Waals surface area contributed by atoms with E-state index in [2.05, 4.69) is 42.0 Å². The molecule has 0 bridgehead atoms. The fraction of sp³-hybridized carbons (Fsp3) is 0.182. The average Bonchev–Trinajstić information content (AvgIpc) is 2.97. The first kappa shape index (κ1) is 29.0. The van der Waals surface area contributed by atoms with Crippen molar-refractivity contribution in [3.63, 3.8) is 0 Å². The summed E-state index contributed by atoms with van der Waals surface area (Å²) in [5.41, 5.74) is 13.0. The summed E-state index contributed by atoms with van der Waals surface area (Å²) in [6.07, 6.45) is 2.90. The van der Waals surface area contributed by atoms with Gasteiger partial charge in [0.2, 0.25) is 5.91 Å². The molecule has 0 aliphatic carbocycles. The molecule has 1 heterocycles. The van der Waals surface area contributed by atoms with E-state index < -0.39 is 5.91 Å². The second kappa shape index (κ2) is 15.0. The number of methoxy groups -OCH3 is 1. The van der Waals surface area contributed by atoms with Crippen molar-refractivity contribution in [1.82, 2.24) is 10.3 Å². The van der Waals surface area contributed by atoms with Gasteiger partial charge in [0.1, 0.15) is 0 Å². The van der Waals surface area contributed by atoms with E-state index >= 15 is 0 Å². The first-order valence-corrected chi connectivity index (χ1v) is 12.9. The van der Waals surface area contributed by atoms with Crippen molar-refractivity contribution in [3.8, 4) is 11.1 Å². The highest BCUT2D eigenvalue weighted by Gasteiger charge is 2.14. The quantitative estimate of drug-likeness (QED) is 0.225. The first-order valence-electron chi connectivity index (χ1n) is 12.9. The van der Waals surface area contributed by atoms with Gasteiger partial charge in [0, 0.05) is 42.4 Å². The van der Waals surface area contributed by atoms with E-state index in [0.717, 1.165) is 58.1 Å². The predicted molar refractivity (Wildman–Crippen MR) is 161 cm³/mol. The molecule has 0 fully saturated rings. The standard InChI is InChI=1S/C29H26N4O.C4H10O/c1-20(23-12-8-13-24(18-23)29(30)34)33-27-16-9-15-26(22-10-4-3-5-11-22)28(27)21(2)32-19-25-14-6-7-17-31-25;1-3-4-5-2/h3-18,32H,2,19H2,1H3,(H2,30,34);3-4H2,1-2H3. The van der Waals surface area contributed by atoms with Crippen molar-refractivity contribution < 1.29 is 9.53 Å². The lowest BCUT2D eigenvalue weighted by atomic mass is 9.96. The number of carbonyl (C=O) groups is 1. The van der Waals surface area contributed by atoms with Crippen LogP contribution in [0.25, 0.3) is 16.8 Å². The summed E-state index contributed by atoms with van der Waals surface area (Å²) < 4.78 is 4.69. The maximum Gasteiger partial charge on any atom is 0.248 e. The summed E-state index contributed by atoms with van der Waals surface area (Å²) in [6, 6.07) is 29.2. The lowest BCUT2D eigenvalue weighted by Gasteiger charge is -2.17. The number of ether oxygens (including phenoxy) is 1. The van der Waals surface area contributed by atoms with Gasteiger partial charge in [0.05, 0.1) is 17.9 Å². The number of hydrogen-bond donors (Lipinski definition) is 2. The molecule has 39 heavy (non-hydrogen) atoms. The smallest absolute Gasteiger partial charge is 0.248 e. The van der Waals surface area contributed by atoms with Crippen LogP contribution in [0.4, 0.5) is 5.69 Å². The second-order valence-electron chi connectivity index (χ2n) is 8.85. The highest BCUT2D eigenvalue weighted by molar-refractivity contribution is 6.03. The SMILES string of the molecule is C=C(NCc1ccccn1)c1c(N=C(C)c2cccc(C(N)=O)c2)cccc1-c1ccccc1.CCCOC. The van der Waals surface area contributed by atoms with Crippen LogP contribution in [0.5, 0.6) is 0 Å². The molecule has 200 valence electrons. The Morgan fingerprint density at radius 2 is 1.69 bits per heavy atom. The topological polar surface area (TPSA) is 89.6 Å². The summed E-state index contributed by atoms with van der Waals surface area (Å²) in [4.78, 5) is 21.0. The number of aliphatic imine (C=N–C) groups is 1. The largest absolute Gasteiger partial charge is 0.385 e. The third kappa shape index (κ3) is 8.48. The molecule has 0 atom stereocenters. The number of rotatable bonds is 10. The molecule has 0 aliphatic heterocycles. The monoisotopic (exact) mass is 520 g/mol. The average molecular weight is 521 g/mol. The molecule has 0 spiro atoms. The minimum Gasteiger partial charge on any atom is -0.385 e. The Balaban J connectivity index is 0.000000771. The van der Waals surface area contributed by atoms with Gasteiger partial charge in [-0.15, -0.1) is 0 Å². The van der Waals surface area contributed by atoms with Crippen LogP contribution in [-0.2, 0) is 11.3 Å². The Morgan fingerprint density at radius 3 is 2.33 bits per heavy atom. The van der Waals surface area contributed by atoms with E-state index in [0.29, 0.717) is 12.1 Å². The number of primary amides is 1. The van der Waals surface area contributed by atoms with Crippen molar-refractivity contribution in [2.75, 3.05) is 13.7 Å². The Hall–Kier alpha value is -4.55. The molecule has 4 aromatic rings. The summed E-state index contributed by atoms with van der Waals surface area (Å²) in [6.45, 7) is 9.78. The van der Waals surface area contributed by atoms with Gasteiger partial charge in [-0.3, -0.25) is 14.8 Å². The normalized spacial score (nSPS) is 10.8. The van der Waals surface area contributed by atoms with Gasteiger partial charge >= 0.3 is 0 Å².